The molecule has 2 aromatic carbocycles. The average Bonchev–Trinajstić information content (AvgIpc) is 3.07. The predicted octanol–water partition coefficient (Wildman–Crippen LogP) is 2.13. The third-order valence-electron chi connectivity index (χ3n) is 4.56. The summed E-state index contributed by atoms with van der Waals surface area (Å²) in [6.45, 7) is 0. The maximum absolute atomic E-state index is 12.7. The van der Waals surface area contributed by atoms with E-state index in [9.17, 15) is 14.7 Å². The van der Waals surface area contributed by atoms with Gasteiger partial charge in [0.15, 0.2) is 16.7 Å². The zero-order valence-electron chi connectivity index (χ0n) is 17.6. The number of hydrogen-bond donors (Lipinski definition) is 2. The number of amides is 2. The fourth-order valence-electron chi connectivity index (χ4n) is 3.01. The first-order valence-electron chi connectivity index (χ1n) is 9.37. The van der Waals surface area contributed by atoms with E-state index in [0.29, 0.717) is 17.0 Å². The number of hydrogen-bond acceptors (Lipinski definition) is 9. The van der Waals surface area contributed by atoms with Gasteiger partial charge >= 0.3 is 0 Å². The number of thioether (sulfide) groups is 1. The summed E-state index contributed by atoms with van der Waals surface area (Å²) in [5.74, 6) is 0.225. The van der Waals surface area contributed by atoms with Crippen molar-refractivity contribution in [3.63, 3.8) is 0 Å². The minimum atomic E-state index is -0.697. The molecule has 0 aliphatic carbocycles. The first-order chi connectivity index (χ1) is 15.4. The van der Waals surface area contributed by atoms with Crippen molar-refractivity contribution in [2.24, 2.45) is 15.9 Å². The molecule has 0 saturated carbocycles. The molecule has 1 atom stereocenters. The molecule has 0 bridgehead atoms. The molecule has 32 heavy (non-hydrogen) atoms. The van der Waals surface area contributed by atoms with Crippen LogP contribution in [0, 0.1) is 0 Å². The summed E-state index contributed by atoms with van der Waals surface area (Å²) < 4.78 is 15.3. The summed E-state index contributed by atoms with van der Waals surface area (Å²) in [5.41, 5.74) is 6.91. The summed E-state index contributed by atoms with van der Waals surface area (Å²) in [6.07, 6.45) is 1.39. The number of benzene rings is 2. The monoisotopic (exact) mass is 458 g/mol. The Morgan fingerprint density at radius 1 is 1.12 bits per heavy atom. The van der Waals surface area contributed by atoms with Crippen molar-refractivity contribution in [2.45, 2.75) is 11.7 Å². The van der Waals surface area contributed by atoms with Crippen LogP contribution >= 0.6 is 11.8 Å². The SMILES string of the molecule is COc1ccc(N2C(=O)CC(SC(N)=NN=Cc3cc(OC)c(O)c(OC)c3)C2=O)cc1. The molecule has 1 unspecified atom stereocenters. The van der Waals surface area contributed by atoms with Gasteiger partial charge in [0, 0.05) is 12.0 Å². The molecule has 11 heteroatoms. The molecule has 10 nitrogen and oxygen atoms in total. The van der Waals surface area contributed by atoms with Crippen LogP contribution in [0.3, 0.4) is 0 Å². The summed E-state index contributed by atoms with van der Waals surface area (Å²) in [7, 11) is 4.36. The lowest BCUT2D eigenvalue weighted by Crippen LogP contribution is -2.31. The van der Waals surface area contributed by atoms with Crippen LogP contribution in [0.5, 0.6) is 23.0 Å². The minimum Gasteiger partial charge on any atom is -0.502 e. The Morgan fingerprint density at radius 2 is 1.75 bits per heavy atom. The molecular weight excluding hydrogens is 436 g/mol. The number of amidine groups is 1. The lowest BCUT2D eigenvalue weighted by atomic mass is 10.2. The molecule has 1 aliphatic rings. The molecule has 1 fully saturated rings. The lowest BCUT2D eigenvalue weighted by Gasteiger charge is -2.15. The van der Waals surface area contributed by atoms with Crippen LogP contribution in [-0.2, 0) is 9.59 Å². The maximum atomic E-state index is 12.7. The Labute approximate surface area is 188 Å². The fourth-order valence-corrected chi connectivity index (χ4v) is 3.83. The molecule has 168 valence electrons. The molecule has 2 amide bonds. The van der Waals surface area contributed by atoms with Gasteiger partial charge in [-0.15, -0.1) is 5.10 Å². The third kappa shape index (κ3) is 4.94. The Kier molecular flexibility index (Phi) is 7.21. The Bertz CT molecular complexity index is 1050. The smallest absolute Gasteiger partial charge is 0.247 e. The van der Waals surface area contributed by atoms with E-state index in [1.54, 1.807) is 36.4 Å². The van der Waals surface area contributed by atoms with E-state index in [-0.39, 0.29) is 40.7 Å². The van der Waals surface area contributed by atoms with E-state index < -0.39 is 5.25 Å². The van der Waals surface area contributed by atoms with Crippen molar-refractivity contribution in [1.29, 1.82) is 0 Å². The average molecular weight is 458 g/mol. The maximum Gasteiger partial charge on any atom is 0.247 e. The van der Waals surface area contributed by atoms with Crippen LogP contribution in [0.15, 0.2) is 46.6 Å². The number of nitrogens with zero attached hydrogens (tertiary/aromatic N) is 3. The normalized spacial score (nSPS) is 16.7. The zero-order chi connectivity index (χ0) is 23.3. The summed E-state index contributed by atoms with van der Waals surface area (Å²) in [5, 5.41) is 17.1. The van der Waals surface area contributed by atoms with Crippen LogP contribution in [-0.4, -0.2) is 54.9 Å². The zero-order valence-corrected chi connectivity index (χ0v) is 18.5. The highest BCUT2D eigenvalue weighted by atomic mass is 32.2. The van der Waals surface area contributed by atoms with Gasteiger partial charge in [-0.3, -0.25) is 9.59 Å². The first kappa shape index (κ1) is 22.9. The minimum absolute atomic E-state index is 0.00181. The number of imide groups is 1. The fraction of sp³-hybridized carbons (Fsp3) is 0.238. The second kappa shape index (κ2) is 10.1. The highest BCUT2D eigenvalue weighted by Crippen LogP contribution is 2.36. The number of carbonyl (C=O) groups is 2. The first-order valence-corrected chi connectivity index (χ1v) is 10.2. The van der Waals surface area contributed by atoms with Gasteiger partial charge in [0.05, 0.1) is 33.2 Å². The van der Waals surface area contributed by atoms with E-state index in [0.717, 1.165) is 16.7 Å². The van der Waals surface area contributed by atoms with Gasteiger partial charge < -0.3 is 25.1 Å². The van der Waals surface area contributed by atoms with E-state index in [4.69, 9.17) is 19.9 Å². The van der Waals surface area contributed by atoms with Gasteiger partial charge in [-0.2, -0.15) is 5.10 Å². The Morgan fingerprint density at radius 3 is 2.31 bits per heavy atom. The van der Waals surface area contributed by atoms with Crippen LogP contribution in [0.2, 0.25) is 0 Å². The third-order valence-corrected chi connectivity index (χ3v) is 5.54. The van der Waals surface area contributed by atoms with Crippen molar-refractivity contribution < 1.29 is 28.9 Å². The van der Waals surface area contributed by atoms with Crippen LogP contribution in [0.4, 0.5) is 5.69 Å². The van der Waals surface area contributed by atoms with E-state index in [1.165, 1.54) is 27.5 Å². The Hall–Kier alpha value is -3.73. The number of methoxy groups -OCH3 is 3. The van der Waals surface area contributed by atoms with Crippen LogP contribution < -0.4 is 24.8 Å². The second-order valence-electron chi connectivity index (χ2n) is 6.53. The number of carbonyl (C=O) groups excluding carboxylic acids is 2. The lowest BCUT2D eigenvalue weighted by molar-refractivity contribution is -0.121. The van der Waals surface area contributed by atoms with Gasteiger partial charge in [0.25, 0.3) is 0 Å². The number of ether oxygens (including phenoxy) is 3. The number of anilines is 1. The van der Waals surface area contributed by atoms with Crippen LogP contribution in [0.25, 0.3) is 0 Å². The predicted molar refractivity (Wildman–Crippen MR) is 122 cm³/mol. The summed E-state index contributed by atoms with van der Waals surface area (Å²) in [6, 6.07) is 9.73. The van der Waals surface area contributed by atoms with Crippen molar-refractivity contribution in [3.8, 4) is 23.0 Å². The standard InChI is InChI=1S/C21H22N4O6S/c1-29-14-6-4-13(5-7-14)25-18(26)10-17(20(25)28)32-21(22)24-23-11-12-8-15(30-2)19(27)16(9-12)31-3/h4-9,11,17,27H,10H2,1-3H3,(H2,22,24). The van der Waals surface area contributed by atoms with Crippen LogP contribution in [0.1, 0.15) is 12.0 Å². The molecule has 1 heterocycles. The highest BCUT2D eigenvalue weighted by molar-refractivity contribution is 8.14. The topological polar surface area (TPSA) is 136 Å². The summed E-state index contributed by atoms with van der Waals surface area (Å²) in [4.78, 5) is 26.2. The highest BCUT2D eigenvalue weighted by Gasteiger charge is 2.40. The number of rotatable bonds is 7. The van der Waals surface area contributed by atoms with Crippen molar-refractivity contribution in [2.75, 3.05) is 26.2 Å². The van der Waals surface area contributed by atoms with Gasteiger partial charge in [0.1, 0.15) is 11.0 Å². The molecule has 2 aromatic rings. The molecule has 1 saturated heterocycles. The number of aromatic hydroxyl groups is 1. The van der Waals surface area contributed by atoms with E-state index in [1.807, 2.05) is 0 Å². The number of nitrogens with two attached hydrogens (primary N) is 1. The quantitative estimate of drug-likeness (QED) is 0.279. The van der Waals surface area contributed by atoms with Crippen molar-refractivity contribution in [1.82, 2.24) is 0 Å². The molecular formula is C21H22N4O6S. The van der Waals surface area contributed by atoms with E-state index >= 15 is 0 Å². The summed E-state index contributed by atoms with van der Waals surface area (Å²) >= 11 is 0.966. The van der Waals surface area contributed by atoms with Gasteiger partial charge in [-0.1, -0.05) is 11.8 Å². The molecule has 0 aromatic heterocycles. The van der Waals surface area contributed by atoms with E-state index in [2.05, 4.69) is 10.2 Å². The second-order valence-corrected chi connectivity index (χ2v) is 7.76. The molecule has 3 rings (SSSR count). The molecule has 0 spiro atoms. The van der Waals surface area contributed by atoms with Gasteiger partial charge in [-0.05, 0) is 36.4 Å². The van der Waals surface area contributed by atoms with Gasteiger partial charge in [0.2, 0.25) is 17.6 Å². The van der Waals surface area contributed by atoms with Crippen molar-refractivity contribution in [3.05, 3.63) is 42.0 Å². The largest absolute Gasteiger partial charge is 0.502 e. The number of phenolic OH excluding ortho intramolecular Hbond substituents is 1. The molecule has 3 N–H and O–H groups in total. The number of phenols is 1. The molecule has 1 aliphatic heterocycles. The van der Waals surface area contributed by atoms with Gasteiger partial charge in [-0.25, -0.2) is 4.90 Å². The molecule has 0 radical (unpaired) electrons. The van der Waals surface area contributed by atoms with Crippen molar-refractivity contribution >= 4 is 40.6 Å². The Balaban J connectivity index is 1.68.